The summed E-state index contributed by atoms with van der Waals surface area (Å²) in [6.45, 7) is 4.26. The van der Waals surface area contributed by atoms with Crippen LogP contribution >= 0.6 is 0 Å². The number of aromatic nitrogens is 2. The molecule has 0 aliphatic carbocycles. The van der Waals surface area contributed by atoms with Crippen molar-refractivity contribution in [3.8, 4) is 0 Å². The maximum atomic E-state index is 12.2. The molecule has 0 aliphatic rings. The molecule has 0 bridgehead atoms. The second kappa shape index (κ2) is 7.17. The lowest BCUT2D eigenvalue weighted by Crippen LogP contribution is -2.35. The molecule has 1 aromatic heterocycles. The first-order valence-corrected chi connectivity index (χ1v) is 7.38. The van der Waals surface area contributed by atoms with E-state index in [-0.39, 0.29) is 36.9 Å². The van der Waals surface area contributed by atoms with E-state index in [0.717, 1.165) is 0 Å². The van der Waals surface area contributed by atoms with Gasteiger partial charge in [-0.25, -0.2) is 4.98 Å². The summed E-state index contributed by atoms with van der Waals surface area (Å²) in [7, 11) is 0. The average molecular weight is 303 g/mol. The standard InChI is InChI=1S/C16H21N3O3/c1-11(2)14(20)9-17-15(21)7-8-19-10-18-13-6-4-3-5-12(13)16(19)22/h3-6,10-11,14,20H,7-9H2,1-2H3,(H,17,21). The Labute approximate surface area is 128 Å². The number of nitrogens with zero attached hydrogens (tertiary/aromatic N) is 2. The highest BCUT2D eigenvalue weighted by Crippen LogP contribution is 2.05. The molecule has 2 N–H and O–H groups in total. The average Bonchev–Trinajstić information content (AvgIpc) is 2.52. The number of carbonyl (C=O) groups is 1. The van der Waals surface area contributed by atoms with Gasteiger partial charge in [0.2, 0.25) is 5.91 Å². The van der Waals surface area contributed by atoms with E-state index < -0.39 is 6.10 Å². The van der Waals surface area contributed by atoms with Crippen LogP contribution < -0.4 is 10.9 Å². The molecule has 0 spiro atoms. The highest BCUT2D eigenvalue weighted by Gasteiger charge is 2.11. The van der Waals surface area contributed by atoms with Crippen LogP contribution in [-0.4, -0.2) is 33.2 Å². The first-order valence-electron chi connectivity index (χ1n) is 7.38. The molecule has 1 unspecified atom stereocenters. The van der Waals surface area contributed by atoms with Gasteiger partial charge in [-0.1, -0.05) is 26.0 Å². The third-order valence-electron chi connectivity index (χ3n) is 3.59. The Morgan fingerprint density at radius 1 is 1.36 bits per heavy atom. The van der Waals surface area contributed by atoms with Gasteiger partial charge in [0, 0.05) is 19.5 Å². The Hall–Kier alpha value is -2.21. The third-order valence-corrected chi connectivity index (χ3v) is 3.59. The van der Waals surface area contributed by atoms with Crippen molar-refractivity contribution in [1.82, 2.24) is 14.9 Å². The van der Waals surface area contributed by atoms with Crippen LogP contribution in [0.4, 0.5) is 0 Å². The number of aryl methyl sites for hydroxylation is 1. The number of nitrogens with one attached hydrogen (secondary N) is 1. The first kappa shape index (κ1) is 16.2. The van der Waals surface area contributed by atoms with Gasteiger partial charge in [0.05, 0.1) is 23.3 Å². The van der Waals surface area contributed by atoms with E-state index in [0.29, 0.717) is 10.9 Å². The summed E-state index contributed by atoms with van der Waals surface area (Å²) >= 11 is 0. The van der Waals surface area contributed by atoms with E-state index in [1.54, 1.807) is 18.2 Å². The zero-order valence-corrected chi connectivity index (χ0v) is 12.8. The third kappa shape index (κ3) is 3.92. The lowest BCUT2D eigenvalue weighted by atomic mass is 10.1. The van der Waals surface area contributed by atoms with Crippen LogP contribution in [0.3, 0.4) is 0 Å². The lowest BCUT2D eigenvalue weighted by Gasteiger charge is -2.15. The van der Waals surface area contributed by atoms with Gasteiger partial charge in [0.15, 0.2) is 0 Å². The van der Waals surface area contributed by atoms with Gasteiger partial charge in [-0.2, -0.15) is 0 Å². The molecule has 6 nitrogen and oxygen atoms in total. The van der Waals surface area contributed by atoms with Crippen molar-refractivity contribution >= 4 is 16.8 Å². The predicted octanol–water partition coefficient (Wildman–Crippen LogP) is 0.920. The summed E-state index contributed by atoms with van der Waals surface area (Å²) in [5.41, 5.74) is 0.494. The summed E-state index contributed by atoms with van der Waals surface area (Å²) in [6.07, 6.45) is 1.07. The predicted molar refractivity (Wildman–Crippen MR) is 84.5 cm³/mol. The van der Waals surface area contributed by atoms with E-state index in [4.69, 9.17) is 0 Å². The number of benzene rings is 1. The maximum Gasteiger partial charge on any atom is 0.261 e. The molecule has 1 heterocycles. The molecule has 0 radical (unpaired) electrons. The molecular weight excluding hydrogens is 282 g/mol. The van der Waals surface area contributed by atoms with Gasteiger partial charge in [0.25, 0.3) is 5.56 Å². The van der Waals surface area contributed by atoms with Crippen molar-refractivity contribution in [2.45, 2.75) is 32.9 Å². The minimum atomic E-state index is -0.561. The molecule has 1 aromatic carbocycles. The minimum absolute atomic E-state index is 0.0904. The highest BCUT2D eigenvalue weighted by molar-refractivity contribution is 5.77. The summed E-state index contributed by atoms with van der Waals surface area (Å²) in [4.78, 5) is 28.2. The number of rotatable bonds is 6. The fourth-order valence-electron chi connectivity index (χ4n) is 2.03. The zero-order chi connectivity index (χ0) is 16.1. The van der Waals surface area contributed by atoms with Crippen LogP contribution in [0.5, 0.6) is 0 Å². The van der Waals surface area contributed by atoms with Crippen LogP contribution in [0.15, 0.2) is 35.4 Å². The molecule has 1 amide bonds. The van der Waals surface area contributed by atoms with Crippen molar-refractivity contribution in [2.75, 3.05) is 6.54 Å². The number of fused-ring (bicyclic) bond motifs is 1. The molecule has 1 atom stereocenters. The Morgan fingerprint density at radius 2 is 2.09 bits per heavy atom. The Balaban J connectivity index is 1.96. The van der Waals surface area contributed by atoms with E-state index >= 15 is 0 Å². The molecule has 0 saturated carbocycles. The molecule has 6 heteroatoms. The SMILES string of the molecule is CC(C)C(O)CNC(=O)CCn1cnc2ccccc2c1=O. The van der Waals surface area contributed by atoms with E-state index in [1.165, 1.54) is 10.9 Å². The van der Waals surface area contributed by atoms with Gasteiger partial charge in [-0.3, -0.25) is 14.2 Å². The zero-order valence-electron chi connectivity index (χ0n) is 12.8. The Kier molecular flexibility index (Phi) is 5.27. The van der Waals surface area contributed by atoms with E-state index in [2.05, 4.69) is 10.3 Å². The van der Waals surface area contributed by atoms with Gasteiger partial charge >= 0.3 is 0 Å². The summed E-state index contributed by atoms with van der Waals surface area (Å²) in [5.74, 6) is -0.104. The number of aliphatic hydroxyl groups excluding tert-OH is 1. The monoisotopic (exact) mass is 303 g/mol. The van der Waals surface area contributed by atoms with Crippen molar-refractivity contribution in [3.05, 3.63) is 40.9 Å². The van der Waals surface area contributed by atoms with Crippen molar-refractivity contribution < 1.29 is 9.90 Å². The molecule has 0 aliphatic heterocycles. The number of hydrogen-bond acceptors (Lipinski definition) is 4. The van der Waals surface area contributed by atoms with Crippen LogP contribution in [0.25, 0.3) is 10.9 Å². The molecule has 0 saturated heterocycles. The second-order valence-corrected chi connectivity index (χ2v) is 5.63. The number of hydrogen-bond donors (Lipinski definition) is 2. The van der Waals surface area contributed by atoms with Crippen molar-refractivity contribution in [1.29, 1.82) is 0 Å². The second-order valence-electron chi connectivity index (χ2n) is 5.63. The van der Waals surface area contributed by atoms with Crippen molar-refractivity contribution in [2.24, 2.45) is 5.92 Å². The van der Waals surface area contributed by atoms with E-state index in [9.17, 15) is 14.7 Å². The Morgan fingerprint density at radius 3 is 2.82 bits per heavy atom. The lowest BCUT2D eigenvalue weighted by molar-refractivity contribution is -0.121. The van der Waals surface area contributed by atoms with Gasteiger partial charge in [-0.15, -0.1) is 0 Å². The van der Waals surface area contributed by atoms with Crippen LogP contribution in [0.2, 0.25) is 0 Å². The smallest absolute Gasteiger partial charge is 0.261 e. The first-order chi connectivity index (χ1) is 10.5. The van der Waals surface area contributed by atoms with Crippen LogP contribution in [0, 0.1) is 5.92 Å². The number of carbonyl (C=O) groups excluding carboxylic acids is 1. The molecule has 0 fully saturated rings. The van der Waals surface area contributed by atoms with E-state index in [1.807, 2.05) is 19.9 Å². The summed E-state index contributed by atoms with van der Waals surface area (Å²) in [5, 5.41) is 12.9. The Bertz CT molecular complexity index is 709. The highest BCUT2D eigenvalue weighted by atomic mass is 16.3. The minimum Gasteiger partial charge on any atom is -0.391 e. The molecule has 118 valence electrons. The van der Waals surface area contributed by atoms with Crippen molar-refractivity contribution in [3.63, 3.8) is 0 Å². The maximum absolute atomic E-state index is 12.2. The summed E-state index contributed by atoms with van der Waals surface area (Å²) in [6, 6.07) is 7.11. The number of amides is 1. The fraction of sp³-hybridized carbons (Fsp3) is 0.438. The molecule has 22 heavy (non-hydrogen) atoms. The van der Waals surface area contributed by atoms with Crippen LogP contribution in [0.1, 0.15) is 20.3 Å². The molecule has 2 rings (SSSR count). The van der Waals surface area contributed by atoms with Gasteiger partial charge in [0.1, 0.15) is 0 Å². The molecular formula is C16H21N3O3. The number of para-hydroxylation sites is 1. The van der Waals surface area contributed by atoms with Gasteiger partial charge < -0.3 is 10.4 Å². The normalized spacial score (nSPS) is 12.5. The largest absolute Gasteiger partial charge is 0.391 e. The molecule has 2 aromatic rings. The van der Waals surface area contributed by atoms with Gasteiger partial charge in [-0.05, 0) is 18.1 Å². The number of aliphatic hydroxyl groups is 1. The quantitative estimate of drug-likeness (QED) is 0.831. The topological polar surface area (TPSA) is 84.2 Å². The van der Waals surface area contributed by atoms with Crippen LogP contribution in [-0.2, 0) is 11.3 Å². The summed E-state index contributed by atoms with van der Waals surface area (Å²) < 4.78 is 1.43. The fourth-order valence-corrected chi connectivity index (χ4v) is 2.03.